The lowest BCUT2D eigenvalue weighted by molar-refractivity contribution is 0.309. The summed E-state index contributed by atoms with van der Waals surface area (Å²) in [5.41, 5.74) is 3.43. The summed E-state index contributed by atoms with van der Waals surface area (Å²) in [6.45, 7) is 7.46. The van der Waals surface area contributed by atoms with Gasteiger partial charge in [0.1, 0.15) is 5.75 Å². The second-order valence-electron chi connectivity index (χ2n) is 8.53. The van der Waals surface area contributed by atoms with E-state index in [-0.39, 0.29) is 0 Å². The predicted octanol–water partition coefficient (Wildman–Crippen LogP) is 9.91. The summed E-state index contributed by atoms with van der Waals surface area (Å²) in [6, 6.07) is 17.2. The van der Waals surface area contributed by atoms with Crippen molar-refractivity contribution in [3.8, 4) is 5.75 Å². The van der Waals surface area contributed by atoms with Crippen molar-refractivity contribution in [1.29, 1.82) is 0 Å². The van der Waals surface area contributed by atoms with Crippen LogP contribution in [-0.4, -0.2) is 11.0 Å². The molecule has 0 aliphatic carbocycles. The molecular formula is C27H35N5OS. The number of aryl methyl sites for hydroxylation is 1. The van der Waals surface area contributed by atoms with Crippen molar-refractivity contribution in [1.82, 2.24) is 4.37 Å². The molecule has 3 rings (SSSR count). The maximum absolute atomic E-state index is 5.67. The first-order valence-electron chi connectivity index (χ1n) is 12.3. The van der Waals surface area contributed by atoms with E-state index in [9.17, 15) is 0 Å². The van der Waals surface area contributed by atoms with Gasteiger partial charge in [-0.25, -0.2) is 0 Å². The Bertz CT molecular complexity index is 1030. The van der Waals surface area contributed by atoms with Crippen LogP contribution < -0.4 is 4.74 Å². The molecule has 34 heavy (non-hydrogen) atoms. The van der Waals surface area contributed by atoms with Crippen molar-refractivity contribution in [2.75, 3.05) is 6.61 Å². The minimum absolute atomic E-state index is 0.740. The van der Waals surface area contributed by atoms with Crippen LogP contribution in [0.25, 0.3) is 0 Å². The minimum Gasteiger partial charge on any atom is -0.494 e. The average molecular weight is 478 g/mol. The van der Waals surface area contributed by atoms with Gasteiger partial charge in [-0.2, -0.15) is 14.6 Å². The predicted molar refractivity (Wildman–Crippen MR) is 141 cm³/mol. The number of hydrogen-bond acceptors (Lipinski definition) is 7. The molecule has 3 aromatic rings. The monoisotopic (exact) mass is 477 g/mol. The number of aromatic nitrogens is 1. The third kappa shape index (κ3) is 9.14. The zero-order valence-corrected chi connectivity index (χ0v) is 21.3. The largest absolute Gasteiger partial charge is 0.494 e. The van der Waals surface area contributed by atoms with E-state index in [4.69, 9.17) is 4.74 Å². The lowest BCUT2D eigenvalue weighted by Crippen LogP contribution is -1.95. The standard InChI is InChI=1S/C27H35N5OS/c1-4-6-19-33-26-17-15-24(16-18-26)29-28-22-11-13-23(14-12-22)30-31-27-20-25(32-34-27)10-8-7-9-21(3)5-2/h11-18,20-21H,4-10,19H2,1-3H3/b29-28+,31-30+. The summed E-state index contributed by atoms with van der Waals surface area (Å²) < 4.78 is 10.2. The Hall–Kier alpha value is -2.93. The van der Waals surface area contributed by atoms with Gasteiger partial charge in [-0.05, 0) is 85.2 Å². The van der Waals surface area contributed by atoms with Crippen molar-refractivity contribution in [2.45, 2.75) is 65.7 Å². The zero-order chi connectivity index (χ0) is 24.0. The summed E-state index contributed by atoms with van der Waals surface area (Å²) in [5.74, 6) is 1.67. The molecule has 180 valence electrons. The number of nitrogens with zero attached hydrogens (tertiary/aromatic N) is 5. The Morgan fingerprint density at radius 3 is 2.06 bits per heavy atom. The summed E-state index contributed by atoms with van der Waals surface area (Å²) in [4.78, 5) is 0. The van der Waals surface area contributed by atoms with Crippen molar-refractivity contribution < 1.29 is 4.74 Å². The Labute approximate surface area is 207 Å². The summed E-state index contributed by atoms with van der Waals surface area (Å²) in [7, 11) is 0. The highest BCUT2D eigenvalue weighted by Gasteiger charge is 2.03. The van der Waals surface area contributed by atoms with Crippen molar-refractivity contribution in [3.05, 3.63) is 60.3 Å². The summed E-state index contributed by atoms with van der Waals surface area (Å²) >= 11 is 1.40. The lowest BCUT2D eigenvalue weighted by atomic mass is 10.0. The zero-order valence-electron chi connectivity index (χ0n) is 20.5. The van der Waals surface area contributed by atoms with Gasteiger partial charge in [0, 0.05) is 6.07 Å². The molecule has 0 bridgehead atoms. The van der Waals surface area contributed by atoms with Gasteiger partial charge in [-0.15, -0.1) is 10.2 Å². The van der Waals surface area contributed by atoms with Gasteiger partial charge < -0.3 is 4.74 Å². The summed E-state index contributed by atoms with van der Waals surface area (Å²) in [6.07, 6.45) is 8.18. The Balaban J connectivity index is 1.46. The molecular weight excluding hydrogens is 442 g/mol. The second-order valence-corrected chi connectivity index (χ2v) is 9.31. The minimum atomic E-state index is 0.740. The highest BCUT2D eigenvalue weighted by Crippen LogP contribution is 2.27. The average Bonchev–Trinajstić information content (AvgIpc) is 3.33. The molecule has 0 fully saturated rings. The van der Waals surface area contributed by atoms with Crippen molar-refractivity contribution >= 4 is 33.6 Å². The van der Waals surface area contributed by atoms with Crippen molar-refractivity contribution in [3.63, 3.8) is 0 Å². The molecule has 0 spiro atoms. The molecule has 0 amide bonds. The number of rotatable bonds is 14. The summed E-state index contributed by atoms with van der Waals surface area (Å²) in [5, 5.41) is 18.1. The maximum atomic E-state index is 5.67. The van der Waals surface area contributed by atoms with Crippen LogP contribution in [0.15, 0.2) is 75.1 Å². The van der Waals surface area contributed by atoms with Gasteiger partial charge in [-0.1, -0.05) is 46.5 Å². The second kappa shape index (κ2) is 14.4. The maximum Gasteiger partial charge on any atom is 0.159 e. The Kier molecular flexibility index (Phi) is 10.8. The molecule has 0 radical (unpaired) electrons. The van der Waals surface area contributed by atoms with Crippen LogP contribution in [-0.2, 0) is 6.42 Å². The number of benzene rings is 2. The Morgan fingerprint density at radius 1 is 0.824 bits per heavy atom. The third-order valence-electron chi connectivity index (χ3n) is 5.62. The number of ether oxygens (including phenoxy) is 1. The van der Waals surface area contributed by atoms with Gasteiger partial charge in [0.2, 0.25) is 0 Å². The van der Waals surface area contributed by atoms with E-state index in [0.717, 1.165) is 65.3 Å². The van der Waals surface area contributed by atoms with E-state index >= 15 is 0 Å². The van der Waals surface area contributed by atoms with Crippen LogP contribution in [0.1, 0.15) is 65.0 Å². The fraction of sp³-hybridized carbons (Fsp3) is 0.444. The van der Waals surface area contributed by atoms with E-state index in [1.807, 2.05) is 54.6 Å². The number of unbranched alkanes of at least 4 members (excludes halogenated alkanes) is 2. The normalized spacial score (nSPS) is 12.6. The van der Waals surface area contributed by atoms with Crippen LogP contribution in [0.4, 0.5) is 22.1 Å². The van der Waals surface area contributed by atoms with Gasteiger partial charge in [0.25, 0.3) is 0 Å². The van der Waals surface area contributed by atoms with E-state index < -0.39 is 0 Å². The van der Waals surface area contributed by atoms with E-state index in [0.29, 0.717) is 0 Å². The molecule has 0 saturated heterocycles. The molecule has 1 heterocycles. The van der Waals surface area contributed by atoms with Gasteiger partial charge in [0.05, 0.1) is 29.4 Å². The first kappa shape index (κ1) is 25.7. The molecule has 0 aliphatic rings. The van der Waals surface area contributed by atoms with E-state index in [1.165, 1.54) is 37.2 Å². The number of hydrogen-bond donors (Lipinski definition) is 0. The fourth-order valence-electron chi connectivity index (χ4n) is 3.22. The van der Waals surface area contributed by atoms with Crippen LogP contribution >= 0.6 is 11.5 Å². The first-order chi connectivity index (χ1) is 16.7. The van der Waals surface area contributed by atoms with Crippen LogP contribution in [0.5, 0.6) is 5.75 Å². The molecule has 0 saturated carbocycles. The Morgan fingerprint density at radius 2 is 1.44 bits per heavy atom. The molecule has 6 nitrogen and oxygen atoms in total. The van der Waals surface area contributed by atoms with Crippen LogP contribution in [0.3, 0.4) is 0 Å². The molecule has 1 unspecified atom stereocenters. The lowest BCUT2D eigenvalue weighted by Gasteiger charge is -2.06. The van der Waals surface area contributed by atoms with Gasteiger partial charge in [-0.3, -0.25) is 0 Å². The quantitative estimate of drug-likeness (QED) is 0.171. The highest BCUT2D eigenvalue weighted by atomic mass is 32.1. The fourth-order valence-corrected chi connectivity index (χ4v) is 3.84. The SMILES string of the molecule is CCCCOc1ccc(/N=N/c2ccc(/N=N/c3cc(CCCCC(C)CC)ns3)cc2)cc1. The molecule has 0 N–H and O–H groups in total. The highest BCUT2D eigenvalue weighted by molar-refractivity contribution is 7.09. The smallest absolute Gasteiger partial charge is 0.159 e. The topological polar surface area (TPSA) is 71.6 Å². The molecule has 1 aromatic heterocycles. The van der Waals surface area contributed by atoms with Gasteiger partial charge in [0.15, 0.2) is 5.00 Å². The van der Waals surface area contributed by atoms with Crippen LogP contribution in [0.2, 0.25) is 0 Å². The molecule has 7 heteroatoms. The number of azo groups is 2. The van der Waals surface area contributed by atoms with E-state index in [2.05, 4.69) is 45.6 Å². The van der Waals surface area contributed by atoms with E-state index in [1.54, 1.807) is 0 Å². The molecule has 0 aliphatic heterocycles. The molecule has 1 atom stereocenters. The molecule has 2 aromatic carbocycles. The van der Waals surface area contributed by atoms with Gasteiger partial charge >= 0.3 is 0 Å². The van der Waals surface area contributed by atoms with Crippen LogP contribution in [0, 0.1) is 5.92 Å². The first-order valence-corrected chi connectivity index (χ1v) is 13.1. The van der Waals surface area contributed by atoms with Crippen molar-refractivity contribution in [2.24, 2.45) is 26.4 Å². The third-order valence-corrected chi connectivity index (χ3v) is 6.33.